The first-order valence-electron chi connectivity index (χ1n) is 10.1. The second kappa shape index (κ2) is 10.5. The third kappa shape index (κ3) is 6.13. The summed E-state index contributed by atoms with van der Waals surface area (Å²) in [6.45, 7) is 5.92. The molecular formula is C23H31FN2O. The zero-order valence-corrected chi connectivity index (χ0v) is 16.3. The van der Waals surface area contributed by atoms with E-state index in [1.807, 2.05) is 24.3 Å². The van der Waals surface area contributed by atoms with Crippen LogP contribution in [-0.4, -0.2) is 44.8 Å². The second-order valence-corrected chi connectivity index (χ2v) is 7.34. The molecule has 0 unspecified atom stereocenters. The van der Waals surface area contributed by atoms with E-state index in [4.69, 9.17) is 4.74 Å². The van der Waals surface area contributed by atoms with Crippen molar-refractivity contribution in [3.63, 3.8) is 0 Å². The minimum atomic E-state index is -0.158. The summed E-state index contributed by atoms with van der Waals surface area (Å²) in [4.78, 5) is 2.52. The first kappa shape index (κ1) is 20.0. The van der Waals surface area contributed by atoms with Gasteiger partial charge in [0, 0.05) is 32.4 Å². The van der Waals surface area contributed by atoms with Crippen LogP contribution in [0.3, 0.4) is 0 Å². The van der Waals surface area contributed by atoms with Crippen LogP contribution in [0, 0.1) is 5.82 Å². The maximum absolute atomic E-state index is 14.5. The van der Waals surface area contributed by atoms with Gasteiger partial charge in [0.25, 0.3) is 0 Å². The third-order valence-electron chi connectivity index (χ3n) is 5.22. The van der Waals surface area contributed by atoms with Crippen molar-refractivity contribution in [2.45, 2.75) is 32.2 Å². The van der Waals surface area contributed by atoms with Gasteiger partial charge in [-0.1, -0.05) is 30.3 Å². The maximum Gasteiger partial charge on any atom is 0.131 e. The van der Waals surface area contributed by atoms with Crippen LogP contribution in [-0.2, 0) is 17.7 Å². The summed E-state index contributed by atoms with van der Waals surface area (Å²) in [5, 5.41) is 3.39. The number of methoxy groups -OCH3 is 1. The lowest BCUT2D eigenvalue weighted by Gasteiger charge is -2.15. The molecule has 0 radical (unpaired) electrons. The van der Waals surface area contributed by atoms with Crippen LogP contribution in [0.5, 0.6) is 0 Å². The highest BCUT2D eigenvalue weighted by Crippen LogP contribution is 2.25. The first-order valence-corrected chi connectivity index (χ1v) is 10.1. The molecule has 0 amide bonds. The van der Waals surface area contributed by atoms with Crippen molar-refractivity contribution in [2.75, 3.05) is 39.9 Å². The first-order chi connectivity index (χ1) is 13.3. The Bertz CT molecular complexity index is 713. The number of rotatable bonds is 10. The fourth-order valence-electron chi connectivity index (χ4n) is 3.67. The van der Waals surface area contributed by atoms with E-state index in [2.05, 4.69) is 22.3 Å². The van der Waals surface area contributed by atoms with E-state index >= 15 is 0 Å². The largest absolute Gasteiger partial charge is 0.385 e. The van der Waals surface area contributed by atoms with Gasteiger partial charge in [0.05, 0.1) is 0 Å². The summed E-state index contributed by atoms with van der Waals surface area (Å²) >= 11 is 0. The van der Waals surface area contributed by atoms with Crippen molar-refractivity contribution in [3.05, 3.63) is 59.4 Å². The molecule has 1 fully saturated rings. The van der Waals surface area contributed by atoms with Gasteiger partial charge in [-0.25, -0.2) is 4.39 Å². The zero-order valence-electron chi connectivity index (χ0n) is 16.3. The van der Waals surface area contributed by atoms with Gasteiger partial charge in [0.2, 0.25) is 0 Å². The Balaban J connectivity index is 1.63. The molecule has 1 saturated heterocycles. The molecule has 0 aromatic heterocycles. The van der Waals surface area contributed by atoms with Crippen molar-refractivity contribution < 1.29 is 9.13 Å². The summed E-state index contributed by atoms with van der Waals surface area (Å²) in [6.07, 6.45) is 4.63. The highest BCUT2D eigenvalue weighted by molar-refractivity contribution is 5.65. The summed E-state index contributed by atoms with van der Waals surface area (Å²) in [6, 6.07) is 13.8. The Kier molecular flexibility index (Phi) is 7.81. The number of likely N-dealkylation sites (tertiary alicyclic amines) is 1. The third-order valence-corrected chi connectivity index (χ3v) is 5.22. The lowest BCUT2D eigenvalue weighted by molar-refractivity contribution is 0.194. The molecule has 0 atom stereocenters. The van der Waals surface area contributed by atoms with Crippen LogP contribution in [0.2, 0.25) is 0 Å². The van der Waals surface area contributed by atoms with Crippen LogP contribution < -0.4 is 5.32 Å². The summed E-state index contributed by atoms with van der Waals surface area (Å²) in [7, 11) is 1.71. The molecule has 1 heterocycles. The molecular weight excluding hydrogens is 339 g/mol. The molecule has 3 rings (SSSR count). The zero-order chi connectivity index (χ0) is 18.9. The van der Waals surface area contributed by atoms with Crippen LogP contribution >= 0.6 is 0 Å². The normalized spacial score (nSPS) is 14.7. The van der Waals surface area contributed by atoms with Crippen molar-refractivity contribution >= 4 is 0 Å². The molecule has 4 heteroatoms. The molecule has 0 spiro atoms. The Morgan fingerprint density at radius 2 is 1.93 bits per heavy atom. The van der Waals surface area contributed by atoms with Crippen molar-refractivity contribution in [2.24, 2.45) is 0 Å². The van der Waals surface area contributed by atoms with Gasteiger partial charge < -0.3 is 15.0 Å². The van der Waals surface area contributed by atoms with Crippen LogP contribution in [0.4, 0.5) is 4.39 Å². The van der Waals surface area contributed by atoms with Crippen molar-refractivity contribution in [1.29, 1.82) is 0 Å². The molecule has 3 nitrogen and oxygen atoms in total. The van der Waals surface area contributed by atoms with Gasteiger partial charge in [0.1, 0.15) is 5.82 Å². The minimum absolute atomic E-state index is 0.158. The molecule has 1 N–H and O–H groups in total. The van der Waals surface area contributed by atoms with Gasteiger partial charge in [0.15, 0.2) is 0 Å². The number of ether oxygens (including phenoxy) is 1. The number of nitrogens with one attached hydrogen (secondary N) is 1. The summed E-state index contributed by atoms with van der Waals surface area (Å²) in [5.41, 5.74) is 4.04. The van der Waals surface area contributed by atoms with Gasteiger partial charge in [-0.05, 0) is 74.1 Å². The lowest BCUT2D eigenvalue weighted by Crippen LogP contribution is -2.21. The van der Waals surface area contributed by atoms with Crippen LogP contribution in [0.1, 0.15) is 30.4 Å². The van der Waals surface area contributed by atoms with Crippen LogP contribution in [0.15, 0.2) is 42.5 Å². The lowest BCUT2D eigenvalue weighted by atomic mass is 9.99. The Labute approximate surface area is 162 Å². The Hall–Kier alpha value is -1.75. The number of nitrogens with zero attached hydrogens (tertiary/aromatic N) is 1. The molecule has 0 aliphatic carbocycles. The van der Waals surface area contributed by atoms with Crippen molar-refractivity contribution in [3.8, 4) is 11.1 Å². The van der Waals surface area contributed by atoms with Gasteiger partial charge in [-0.2, -0.15) is 0 Å². The molecule has 1 aliphatic heterocycles. The van der Waals surface area contributed by atoms with E-state index in [0.29, 0.717) is 5.56 Å². The van der Waals surface area contributed by atoms with E-state index in [0.717, 1.165) is 50.2 Å². The standard InChI is InChI=1S/C23H31FN2O/c1-27-15-5-11-25-18-20-8-9-23(24)22(17-20)21-7-4-6-19(16-21)10-14-26-12-2-3-13-26/h4,6-9,16-17,25H,2-3,5,10-15,18H2,1H3. The SMILES string of the molecule is COCCCNCc1ccc(F)c(-c2cccc(CCN3CCCC3)c2)c1. The summed E-state index contributed by atoms with van der Waals surface area (Å²) < 4.78 is 19.5. The topological polar surface area (TPSA) is 24.5 Å². The fraction of sp³-hybridized carbons (Fsp3) is 0.478. The van der Waals surface area contributed by atoms with E-state index in [9.17, 15) is 4.39 Å². The number of hydrogen-bond donors (Lipinski definition) is 1. The highest BCUT2D eigenvalue weighted by Gasteiger charge is 2.12. The number of benzene rings is 2. The van der Waals surface area contributed by atoms with E-state index in [-0.39, 0.29) is 5.82 Å². The Morgan fingerprint density at radius 1 is 1.07 bits per heavy atom. The predicted octanol–water partition coefficient (Wildman–Crippen LogP) is 4.26. The van der Waals surface area contributed by atoms with E-state index in [1.54, 1.807) is 13.2 Å². The minimum Gasteiger partial charge on any atom is -0.385 e. The average molecular weight is 371 g/mol. The van der Waals surface area contributed by atoms with Gasteiger partial charge in [-0.15, -0.1) is 0 Å². The van der Waals surface area contributed by atoms with Gasteiger partial charge >= 0.3 is 0 Å². The van der Waals surface area contributed by atoms with E-state index < -0.39 is 0 Å². The number of hydrogen-bond acceptors (Lipinski definition) is 3. The highest BCUT2D eigenvalue weighted by atomic mass is 19.1. The molecule has 1 aliphatic rings. The Morgan fingerprint density at radius 3 is 2.74 bits per heavy atom. The predicted molar refractivity (Wildman–Crippen MR) is 109 cm³/mol. The average Bonchev–Trinajstić information content (AvgIpc) is 3.21. The smallest absolute Gasteiger partial charge is 0.131 e. The number of halogens is 1. The monoisotopic (exact) mass is 370 g/mol. The van der Waals surface area contributed by atoms with Crippen molar-refractivity contribution in [1.82, 2.24) is 10.2 Å². The fourth-order valence-corrected chi connectivity index (χ4v) is 3.67. The molecule has 0 saturated carbocycles. The molecule has 0 bridgehead atoms. The van der Waals surface area contributed by atoms with E-state index in [1.165, 1.54) is 31.5 Å². The maximum atomic E-state index is 14.5. The molecule has 146 valence electrons. The second-order valence-electron chi connectivity index (χ2n) is 7.34. The molecule has 2 aromatic carbocycles. The molecule has 2 aromatic rings. The quantitative estimate of drug-likeness (QED) is 0.633. The van der Waals surface area contributed by atoms with Gasteiger partial charge in [-0.3, -0.25) is 0 Å². The van der Waals surface area contributed by atoms with Crippen LogP contribution in [0.25, 0.3) is 11.1 Å². The molecule has 27 heavy (non-hydrogen) atoms. The summed E-state index contributed by atoms with van der Waals surface area (Å²) in [5.74, 6) is -0.158.